The Hall–Kier alpha value is -0.940. The first-order chi connectivity index (χ1) is 6.58. The van der Waals surface area contributed by atoms with Crippen molar-refractivity contribution in [3.63, 3.8) is 0 Å². The van der Waals surface area contributed by atoms with Gasteiger partial charge in [0.25, 0.3) is 0 Å². The van der Waals surface area contributed by atoms with Gasteiger partial charge < -0.3 is 0 Å². The van der Waals surface area contributed by atoms with Crippen molar-refractivity contribution in [2.45, 2.75) is 19.0 Å². The lowest BCUT2D eigenvalue weighted by atomic mass is 10.4. The molecule has 0 aliphatic rings. The standard InChI is InChI=1S/2C4H5F3/c5-2-1-4(7)3-6;5-3-1-2-4(6)7/h1-2,4H,3H2;1,3-4H,2H2. The predicted molar refractivity (Wildman–Crippen MR) is 42.0 cm³/mol. The third kappa shape index (κ3) is 17.2. The van der Waals surface area contributed by atoms with Crippen molar-refractivity contribution in [3.8, 4) is 0 Å². The van der Waals surface area contributed by atoms with Gasteiger partial charge in [-0.2, -0.15) is 0 Å². The fourth-order valence-corrected chi connectivity index (χ4v) is 0.285. The average Bonchev–Trinajstić information content (AvgIpc) is 2.16. The van der Waals surface area contributed by atoms with E-state index in [1.807, 2.05) is 0 Å². The predicted octanol–water partition coefficient (Wildman–Crippen LogP) is 3.90. The van der Waals surface area contributed by atoms with Crippen LogP contribution in [0.25, 0.3) is 0 Å². The second kappa shape index (κ2) is 12.1. The molecule has 0 N–H and O–H groups in total. The van der Waals surface area contributed by atoms with E-state index >= 15 is 0 Å². The van der Waals surface area contributed by atoms with Crippen molar-refractivity contribution in [3.05, 3.63) is 24.8 Å². The van der Waals surface area contributed by atoms with E-state index in [2.05, 4.69) is 0 Å². The third-order valence-electron chi connectivity index (χ3n) is 0.832. The minimum atomic E-state index is -2.42. The van der Waals surface area contributed by atoms with Crippen LogP contribution in [0.15, 0.2) is 24.8 Å². The van der Waals surface area contributed by atoms with Crippen LogP contribution in [-0.2, 0) is 0 Å². The highest BCUT2D eigenvalue weighted by Gasteiger charge is 1.96. The molecule has 0 spiro atoms. The Balaban J connectivity index is 0. The maximum atomic E-state index is 11.4. The van der Waals surface area contributed by atoms with E-state index < -0.39 is 25.7 Å². The Morgan fingerprint density at radius 3 is 1.71 bits per heavy atom. The van der Waals surface area contributed by atoms with E-state index in [4.69, 9.17) is 0 Å². The first-order valence-electron chi connectivity index (χ1n) is 3.58. The highest BCUT2D eigenvalue weighted by Crippen LogP contribution is 1.98. The molecule has 0 aliphatic carbocycles. The minimum Gasteiger partial charge on any atom is -0.248 e. The quantitative estimate of drug-likeness (QED) is 0.630. The Morgan fingerprint density at radius 2 is 1.57 bits per heavy atom. The van der Waals surface area contributed by atoms with E-state index in [1.165, 1.54) is 0 Å². The molecule has 0 aromatic rings. The summed E-state index contributed by atoms with van der Waals surface area (Å²) in [5, 5.41) is 0. The second-order valence-electron chi connectivity index (χ2n) is 1.98. The fourth-order valence-electron chi connectivity index (χ4n) is 0.285. The molecule has 6 heteroatoms. The van der Waals surface area contributed by atoms with Gasteiger partial charge in [-0.05, 0) is 6.08 Å². The van der Waals surface area contributed by atoms with Crippen LogP contribution in [0.5, 0.6) is 0 Å². The molecular formula is C8H10F6. The normalized spacial score (nSPS) is 13.4. The zero-order chi connectivity index (χ0) is 11.4. The highest BCUT2D eigenvalue weighted by molar-refractivity contribution is 4.81. The molecule has 0 rings (SSSR count). The molecule has 0 saturated carbocycles. The van der Waals surface area contributed by atoms with Gasteiger partial charge in [-0.25, -0.2) is 26.3 Å². The molecule has 0 radical (unpaired) electrons. The Labute approximate surface area is 77.9 Å². The van der Waals surface area contributed by atoms with E-state index in [0.717, 1.165) is 6.08 Å². The molecule has 0 saturated heterocycles. The Kier molecular flexibility index (Phi) is 13.4. The molecule has 0 aromatic carbocycles. The summed E-state index contributed by atoms with van der Waals surface area (Å²) in [6, 6.07) is 0. The molecule has 0 aliphatic heterocycles. The van der Waals surface area contributed by atoms with Crippen molar-refractivity contribution in [2.75, 3.05) is 6.67 Å². The molecule has 84 valence electrons. The van der Waals surface area contributed by atoms with Crippen LogP contribution in [0.4, 0.5) is 26.3 Å². The summed E-state index contributed by atoms with van der Waals surface area (Å²) in [7, 11) is 0. The van der Waals surface area contributed by atoms with E-state index in [1.54, 1.807) is 0 Å². The third-order valence-corrected chi connectivity index (χ3v) is 0.832. The lowest BCUT2D eigenvalue weighted by Gasteiger charge is -1.87. The number of rotatable bonds is 4. The van der Waals surface area contributed by atoms with Crippen LogP contribution in [0.2, 0.25) is 0 Å². The van der Waals surface area contributed by atoms with Gasteiger partial charge in [-0.15, -0.1) is 0 Å². The largest absolute Gasteiger partial charge is 0.248 e. The lowest BCUT2D eigenvalue weighted by molar-refractivity contribution is 0.152. The fraction of sp³-hybridized carbons (Fsp3) is 0.500. The van der Waals surface area contributed by atoms with Crippen LogP contribution in [0, 0.1) is 0 Å². The van der Waals surface area contributed by atoms with Crippen LogP contribution < -0.4 is 0 Å². The first kappa shape index (κ1) is 15.5. The van der Waals surface area contributed by atoms with Crippen molar-refractivity contribution in [2.24, 2.45) is 0 Å². The average molecular weight is 220 g/mol. The van der Waals surface area contributed by atoms with Gasteiger partial charge in [-0.1, -0.05) is 6.08 Å². The van der Waals surface area contributed by atoms with Gasteiger partial charge in [0.1, 0.15) is 12.8 Å². The Morgan fingerprint density at radius 1 is 1.00 bits per heavy atom. The number of allylic oxidation sites excluding steroid dienone is 2. The van der Waals surface area contributed by atoms with Crippen LogP contribution in [-0.4, -0.2) is 19.3 Å². The van der Waals surface area contributed by atoms with Gasteiger partial charge in [0.15, 0.2) is 0 Å². The molecule has 0 heterocycles. The van der Waals surface area contributed by atoms with Crippen LogP contribution in [0.3, 0.4) is 0 Å². The van der Waals surface area contributed by atoms with Gasteiger partial charge in [0.05, 0.1) is 12.7 Å². The van der Waals surface area contributed by atoms with Gasteiger partial charge in [0.2, 0.25) is 6.43 Å². The number of hydrogen-bond donors (Lipinski definition) is 0. The lowest BCUT2D eigenvalue weighted by Crippen LogP contribution is -1.94. The van der Waals surface area contributed by atoms with Crippen molar-refractivity contribution in [1.29, 1.82) is 0 Å². The summed E-state index contributed by atoms with van der Waals surface area (Å²) < 4.78 is 66.1. The zero-order valence-electron chi connectivity index (χ0n) is 7.15. The summed E-state index contributed by atoms with van der Waals surface area (Å²) in [4.78, 5) is 0. The van der Waals surface area contributed by atoms with Crippen molar-refractivity contribution in [1.82, 2.24) is 0 Å². The maximum Gasteiger partial charge on any atom is 0.242 e. The molecular weight excluding hydrogens is 210 g/mol. The zero-order valence-corrected chi connectivity index (χ0v) is 7.15. The monoisotopic (exact) mass is 220 g/mol. The molecule has 1 unspecified atom stereocenters. The molecule has 0 aromatic heterocycles. The van der Waals surface area contributed by atoms with Crippen molar-refractivity contribution >= 4 is 0 Å². The number of halogens is 6. The van der Waals surface area contributed by atoms with E-state index in [-0.39, 0.29) is 12.7 Å². The smallest absolute Gasteiger partial charge is 0.242 e. The molecule has 14 heavy (non-hydrogen) atoms. The van der Waals surface area contributed by atoms with E-state index in [9.17, 15) is 26.3 Å². The topological polar surface area (TPSA) is 0 Å². The number of alkyl halides is 4. The summed E-state index contributed by atoms with van der Waals surface area (Å²) in [6.45, 7) is -1.15. The SMILES string of the molecule is FC=CC(F)CF.FC=CCC(F)F. The number of hydrogen-bond acceptors (Lipinski definition) is 0. The molecule has 0 nitrogen and oxygen atoms in total. The van der Waals surface area contributed by atoms with Crippen LogP contribution in [0.1, 0.15) is 6.42 Å². The van der Waals surface area contributed by atoms with Crippen molar-refractivity contribution < 1.29 is 26.3 Å². The maximum absolute atomic E-state index is 11.4. The summed E-state index contributed by atoms with van der Waals surface area (Å²) >= 11 is 0. The summed E-state index contributed by atoms with van der Waals surface area (Å²) in [6.07, 6.45) is -3.28. The minimum absolute atomic E-state index is 0.00968. The summed E-state index contributed by atoms with van der Waals surface area (Å²) in [5.41, 5.74) is 0. The van der Waals surface area contributed by atoms with Gasteiger partial charge in [-0.3, -0.25) is 0 Å². The molecule has 1 atom stereocenters. The van der Waals surface area contributed by atoms with Crippen LogP contribution >= 0.6 is 0 Å². The van der Waals surface area contributed by atoms with Gasteiger partial charge >= 0.3 is 0 Å². The second-order valence-corrected chi connectivity index (χ2v) is 1.98. The Bertz CT molecular complexity index is 154. The van der Waals surface area contributed by atoms with E-state index in [0.29, 0.717) is 6.08 Å². The molecule has 0 fully saturated rings. The molecule has 0 amide bonds. The highest BCUT2D eigenvalue weighted by atomic mass is 19.3. The molecule has 0 bridgehead atoms. The first-order valence-corrected chi connectivity index (χ1v) is 3.58. The summed E-state index contributed by atoms with van der Waals surface area (Å²) in [5.74, 6) is 0. The van der Waals surface area contributed by atoms with Gasteiger partial charge in [0, 0.05) is 6.42 Å².